The number of fused-ring (bicyclic) bond motifs is 1. The number of benzene rings is 2. The van der Waals surface area contributed by atoms with E-state index in [-0.39, 0.29) is 6.01 Å². The summed E-state index contributed by atoms with van der Waals surface area (Å²) in [5.74, 6) is 2.29. The SMILES string of the molecule is COc1cc2nc(Nc3nnc(-c4ccccc4OC)o3)sc2cc1OC. The van der Waals surface area contributed by atoms with E-state index in [0.717, 1.165) is 15.8 Å². The van der Waals surface area contributed by atoms with E-state index in [1.165, 1.54) is 11.3 Å². The summed E-state index contributed by atoms with van der Waals surface area (Å²) in [6.45, 7) is 0. The van der Waals surface area contributed by atoms with Crippen LogP contribution in [0.5, 0.6) is 17.2 Å². The van der Waals surface area contributed by atoms with Crippen LogP contribution < -0.4 is 19.5 Å². The predicted molar refractivity (Wildman–Crippen MR) is 102 cm³/mol. The van der Waals surface area contributed by atoms with Gasteiger partial charge in [-0.25, -0.2) is 4.98 Å². The Morgan fingerprint density at radius 2 is 1.67 bits per heavy atom. The number of para-hydroxylation sites is 1. The molecular weight excluding hydrogens is 368 g/mol. The van der Waals surface area contributed by atoms with Crippen LogP contribution in [0.3, 0.4) is 0 Å². The minimum Gasteiger partial charge on any atom is -0.496 e. The number of hydrogen-bond donors (Lipinski definition) is 1. The molecule has 0 atom stereocenters. The van der Waals surface area contributed by atoms with E-state index in [1.807, 2.05) is 36.4 Å². The largest absolute Gasteiger partial charge is 0.496 e. The van der Waals surface area contributed by atoms with Crippen LogP contribution in [-0.4, -0.2) is 36.5 Å². The van der Waals surface area contributed by atoms with E-state index < -0.39 is 0 Å². The average Bonchev–Trinajstić information content (AvgIpc) is 3.32. The van der Waals surface area contributed by atoms with E-state index in [0.29, 0.717) is 28.3 Å². The van der Waals surface area contributed by atoms with Crippen molar-refractivity contribution in [3.8, 4) is 28.7 Å². The van der Waals surface area contributed by atoms with Gasteiger partial charge in [0.25, 0.3) is 5.89 Å². The number of aromatic nitrogens is 3. The lowest BCUT2D eigenvalue weighted by molar-refractivity contribution is 0.356. The molecule has 0 aliphatic heterocycles. The van der Waals surface area contributed by atoms with Gasteiger partial charge in [-0.3, -0.25) is 5.32 Å². The van der Waals surface area contributed by atoms with Gasteiger partial charge in [-0.2, -0.15) is 0 Å². The zero-order valence-electron chi connectivity index (χ0n) is 14.8. The van der Waals surface area contributed by atoms with Crippen LogP contribution in [0.25, 0.3) is 21.7 Å². The van der Waals surface area contributed by atoms with Crippen molar-refractivity contribution in [3.63, 3.8) is 0 Å². The molecule has 0 unspecified atom stereocenters. The number of rotatable bonds is 6. The maximum Gasteiger partial charge on any atom is 0.322 e. The van der Waals surface area contributed by atoms with Crippen molar-refractivity contribution >= 4 is 32.7 Å². The Morgan fingerprint density at radius 1 is 0.926 bits per heavy atom. The van der Waals surface area contributed by atoms with Crippen LogP contribution in [-0.2, 0) is 0 Å². The molecule has 8 nitrogen and oxygen atoms in total. The molecule has 138 valence electrons. The summed E-state index contributed by atoms with van der Waals surface area (Å²) >= 11 is 1.44. The molecular formula is C18H16N4O4S. The topological polar surface area (TPSA) is 91.5 Å². The zero-order chi connectivity index (χ0) is 18.8. The van der Waals surface area contributed by atoms with E-state index >= 15 is 0 Å². The Bertz CT molecular complexity index is 1050. The smallest absolute Gasteiger partial charge is 0.322 e. The molecule has 1 N–H and O–H groups in total. The summed E-state index contributed by atoms with van der Waals surface area (Å²) in [4.78, 5) is 4.53. The molecule has 0 amide bonds. The van der Waals surface area contributed by atoms with Crippen molar-refractivity contribution in [2.24, 2.45) is 0 Å². The number of nitrogens with one attached hydrogen (secondary N) is 1. The molecule has 4 rings (SSSR count). The van der Waals surface area contributed by atoms with Crippen LogP contribution in [0.15, 0.2) is 40.8 Å². The van der Waals surface area contributed by atoms with Crippen molar-refractivity contribution in [3.05, 3.63) is 36.4 Å². The first-order valence-corrected chi connectivity index (χ1v) is 8.80. The second-order valence-electron chi connectivity index (χ2n) is 5.43. The fraction of sp³-hybridized carbons (Fsp3) is 0.167. The molecule has 0 radical (unpaired) electrons. The highest BCUT2D eigenvalue weighted by molar-refractivity contribution is 7.22. The molecule has 2 heterocycles. The van der Waals surface area contributed by atoms with Crippen LogP contribution >= 0.6 is 11.3 Å². The van der Waals surface area contributed by atoms with Gasteiger partial charge in [0.05, 0.1) is 37.1 Å². The minimum atomic E-state index is 0.244. The lowest BCUT2D eigenvalue weighted by atomic mass is 10.2. The molecule has 0 aliphatic rings. The third-order valence-corrected chi connectivity index (χ3v) is 4.80. The average molecular weight is 384 g/mol. The summed E-state index contributed by atoms with van der Waals surface area (Å²) in [6, 6.07) is 11.4. The Kier molecular flexibility index (Phi) is 4.51. The van der Waals surface area contributed by atoms with Crippen LogP contribution in [0, 0.1) is 0 Å². The van der Waals surface area contributed by atoms with E-state index in [1.54, 1.807) is 21.3 Å². The molecule has 2 aromatic heterocycles. The highest BCUT2D eigenvalue weighted by Crippen LogP contribution is 2.37. The molecule has 0 bridgehead atoms. The Hall–Kier alpha value is -3.33. The Balaban J connectivity index is 1.62. The zero-order valence-corrected chi connectivity index (χ0v) is 15.7. The van der Waals surface area contributed by atoms with Gasteiger partial charge >= 0.3 is 6.01 Å². The fourth-order valence-corrected chi connectivity index (χ4v) is 3.47. The van der Waals surface area contributed by atoms with Crippen molar-refractivity contribution in [2.75, 3.05) is 26.6 Å². The number of thiazole rings is 1. The first-order valence-electron chi connectivity index (χ1n) is 7.98. The predicted octanol–water partition coefficient (Wildman–Crippen LogP) is 4.12. The van der Waals surface area contributed by atoms with Crippen molar-refractivity contribution in [2.45, 2.75) is 0 Å². The minimum absolute atomic E-state index is 0.244. The van der Waals surface area contributed by atoms with Gasteiger partial charge in [0.15, 0.2) is 16.6 Å². The Morgan fingerprint density at radius 3 is 2.44 bits per heavy atom. The molecule has 4 aromatic rings. The van der Waals surface area contributed by atoms with Gasteiger partial charge in [0.2, 0.25) is 0 Å². The van der Waals surface area contributed by atoms with E-state index in [9.17, 15) is 0 Å². The first kappa shape index (κ1) is 17.1. The number of methoxy groups -OCH3 is 3. The molecule has 27 heavy (non-hydrogen) atoms. The third kappa shape index (κ3) is 3.24. The number of nitrogens with zero attached hydrogens (tertiary/aromatic N) is 3. The van der Waals surface area contributed by atoms with Crippen molar-refractivity contribution in [1.82, 2.24) is 15.2 Å². The number of hydrogen-bond acceptors (Lipinski definition) is 9. The molecule has 0 fully saturated rings. The summed E-state index contributed by atoms with van der Waals surface area (Å²) in [5.41, 5.74) is 1.50. The highest BCUT2D eigenvalue weighted by atomic mass is 32.1. The number of anilines is 2. The van der Waals surface area contributed by atoms with Crippen molar-refractivity contribution < 1.29 is 18.6 Å². The highest BCUT2D eigenvalue weighted by Gasteiger charge is 2.15. The quantitative estimate of drug-likeness (QED) is 0.531. The van der Waals surface area contributed by atoms with Crippen LogP contribution in [0.1, 0.15) is 0 Å². The third-order valence-electron chi connectivity index (χ3n) is 3.87. The van der Waals surface area contributed by atoms with Gasteiger partial charge in [-0.05, 0) is 12.1 Å². The van der Waals surface area contributed by atoms with Gasteiger partial charge < -0.3 is 18.6 Å². The van der Waals surface area contributed by atoms with Gasteiger partial charge in [0, 0.05) is 12.1 Å². The van der Waals surface area contributed by atoms with Gasteiger partial charge in [-0.1, -0.05) is 28.6 Å². The molecule has 0 saturated carbocycles. The first-order chi connectivity index (χ1) is 13.2. The summed E-state index contributed by atoms with van der Waals surface area (Å²) in [6.07, 6.45) is 0. The lowest BCUT2D eigenvalue weighted by Gasteiger charge is -2.05. The van der Waals surface area contributed by atoms with Crippen LogP contribution in [0.2, 0.25) is 0 Å². The maximum absolute atomic E-state index is 5.71. The molecule has 9 heteroatoms. The van der Waals surface area contributed by atoms with Gasteiger partial charge in [0.1, 0.15) is 5.75 Å². The molecule has 2 aromatic carbocycles. The van der Waals surface area contributed by atoms with E-state index in [2.05, 4.69) is 20.5 Å². The molecule has 0 saturated heterocycles. The Labute approximate surface area is 158 Å². The fourth-order valence-electron chi connectivity index (χ4n) is 2.60. The second kappa shape index (κ2) is 7.12. The number of ether oxygens (including phenoxy) is 3. The summed E-state index contributed by atoms with van der Waals surface area (Å²) < 4.78 is 22.6. The monoisotopic (exact) mass is 384 g/mol. The van der Waals surface area contributed by atoms with Crippen LogP contribution in [0.4, 0.5) is 11.1 Å². The van der Waals surface area contributed by atoms with Crippen molar-refractivity contribution in [1.29, 1.82) is 0 Å². The summed E-state index contributed by atoms with van der Waals surface area (Å²) in [7, 11) is 4.78. The van der Waals surface area contributed by atoms with Gasteiger partial charge in [-0.15, -0.1) is 5.10 Å². The standard InChI is InChI=1S/C18H16N4O4S/c1-23-12-7-5-4-6-10(12)16-21-22-17(26-16)20-18-19-11-8-13(24-2)14(25-3)9-15(11)27-18/h4-9H,1-3H3,(H,19,20,22). The maximum atomic E-state index is 5.71. The molecule has 0 aliphatic carbocycles. The summed E-state index contributed by atoms with van der Waals surface area (Å²) in [5, 5.41) is 11.8. The van der Waals surface area contributed by atoms with E-state index in [4.69, 9.17) is 18.6 Å². The second-order valence-corrected chi connectivity index (χ2v) is 6.46. The normalized spacial score (nSPS) is 10.8. The lowest BCUT2D eigenvalue weighted by Crippen LogP contribution is -1.90. The molecule has 0 spiro atoms.